The summed E-state index contributed by atoms with van der Waals surface area (Å²) in [5.41, 5.74) is 0. The van der Waals surface area contributed by atoms with Crippen LogP contribution in [0.2, 0.25) is 0 Å². The fourth-order valence-electron chi connectivity index (χ4n) is 0. The highest BCUT2D eigenvalue weighted by molar-refractivity contribution is 5.24. The van der Waals surface area contributed by atoms with E-state index in [0.717, 1.165) is 0 Å². The highest BCUT2D eigenvalue weighted by atomic mass is 14.6. The lowest BCUT2D eigenvalue weighted by molar-refractivity contribution is 1.49. The van der Waals surface area contributed by atoms with Gasteiger partial charge in [0.05, 0.1) is 0 Å². The molecule has 2 nitrogen and oxygen atoms in total. The molecule has 0 aliphatic heterocycles. The molecule has 0 rings (SSSR count). The Morgan fingerprint density at radius 1 is 1.00 bits per heavy atom. The van der Waals surface area contributed by atoms with Crippen LogP contribution in [0.25, 0.3) is 0 Å². The summed E-state index contributed by atoms with van der Waals surface area (Å²) >= 11 is 0. The molecule has 0 aliphatic rings. The quantitative estimate of drug-likeness (QED) is 0.523. The van der Waals surface area contributed by atoms with Crippen molar-refractivity contribution in [3.05, 3.63) is 12.8 Å². The van der Waals surface area contributed by atoms with E-state index in [2.05, 4.69) is 30.0 Å². The summed E-state index contributed by atoms with van der Waals surface area (Å²) in [5.74, 6) is 0. The van der Waals surface area contributed by atoms with E-state index in [1.165, 1.54) is 6.20 Å². The molecule has 0 atom stereocenters. The number of nitrogens with zero attached hydrogens (tertiary/aromatic N) is 2. The number of aliphatic imine (C=N–C) groups is 2. The third-order valence-corrected chi connectivity index (χ3v) is 0.129. The molecule has 0 fully saturated rings. The van der Waals surface area contributed by atoms with Crippen LogP contribution in [0, 0.1) is 0 Å². The van der Waals surface area contributed by atoms with Crippen molar-refractivity contribution in [2.75, 3.05) is 7.05 Å². The van der Waals surface area contributed by atoms with Crippen molar-refractivity contribution in [1.29, 1.82) is 0 Å². The summed E-state index contributed by atoms with van der Waals surface area (Å²) in [6.07, 6.45) is 1.39. The molecule has 68 valence electrons. The van der Waals surface area contributed by atoms with E-state index in [1.807, 2.05) is 27.7 Å². The van der Waals surface area contributed by atoms with Crippen molar-refractivity contribution >= 4 is 13.4 Å². The summed E-state index contributed by atoms with van der Waals surface area (Å²) in [7, 11) is 1.64. The van der Waals surface area contributed by atoms with Crippen LogP contribution in [-0.4, -0.2) is 20.5 Å². The summed E-state index contributed by atoms with van der Waals surface area (Å²) in [6, 6.07) is 0. The average Bonchev–Trinajstić information content (AvgIpc) is 2.12. The van der Waals surface area contributed by atoms with Crippen LogP contribution in [0.4, 0.5) is 0 Å². The third kappa shape index (κ3) is 71100. The van der Waals surface area contributed by atoms with E-state index in [-0.39, 0.29) is 0 Å². The first-order chi connectivity index (χ1) is 5.33. The van der Waals surface area contributed by atoms with Crippen LogP contribution in [0.15, 0.2) is 22.8 Å². The molecule has 0 aromatic rings. The Balaban J connectivity index is -0.0000000315. The highest BCUT2D eigenvalue weighted by Gasteiger charge is 1.27. The average molecular weight is 158 g/mol. The molecule has 0 unspecified atom stereocenters. The topological polar surface area (TPSA) is 24.7 Å². The zero-order chi connectivity index (χ0) is 10.1. The maximum Gasteiger partial charge on any atom is 0.0269 e. The molecular weight excluding hydrogens is 136 g/mol. The van der Waals surface area contributed by atoms with Gasteiger partial charge in [0.1, 0.15) is 0 Å². The Kier molecular flexibility index (Phi) is 280. The Hall–Kier alpha value is -0.920. The molecule has 0 radical (unpaired) electrons. The van der Waals surface area contributed by atoms with E-state index < -0.39 is 0 Å². The van der Waals surface area contributed by atoms with Crippen LogP contribution in [-0.2, 0) is 0 Å². The zero-order valence-electron chi connectivity index (χ0n) is 8.59. The van der Waals surface area contributed by atoms with Crippen molar-refractivity contribution in [2.45, 2.75) is 27.7 Å². The van der Waals surface area contributed by atoms with E-state index in [4.69, 9.17) is 0 Å². The van der Waals surface area contributed by atoms with Crippen molar-refractivity contribution in [3.8, 4) is 0 Å². The van der Waals surface area contributed by atoms with Gasteiger partial charge in [0.2, 0.25) is 0 Å². The fourth-order valence-corrected chi connectivity index (χ4v) is 0. The van der Waals surface area contributed by atoms with Gasteiger partial charge < -0.3 is 4.99 Å². The van der Waals surface area contributed by atoms with Crippen LogP contribution in [0.3, 0.4) is 0 Å². The van der Waals surface area contributed by atoms with Gasteiger partial charge in [-0.1, -0.05) is 34.3 Å². The van der Waals surface area contributed by atoms with Gasteiger partial charge in [-0.05, 0) is 13.4 Å². The largest absolute Gasteiger partial charge is 0.304 e. The second kappa shape index (κ2) is 137. The molecule has 0 saturated carbocycles. The van der Waals surface area contributed by atoms with Crippen molar-refractivity contribution in [3.63, 3.8) is 0 Å². The molecule has 0 N–H and O–H groups in total. The molecule has 0 aliphatic carbocycles. The summed E-state index contributed by atoms with van der Waals surface area (Å²) in [4.78, 5) is 6.50. The molecule has 0 saturated heterocycles. The summed E-state index contributed by atoms with van der Waals surface area (Å²) in [6.45, 7) is 17.5. The van der Waals surface area contributed by atoms with Crippen molar-refractivity contribution in [2.24, 2.45) is 9.98 Å². The van der Waals surface area contributed by atoms with Gasteiger partial charge in [-0.3, -0.25) is 4.99 Å². The van der Waals surface area contributed by atoms with Gasteiger partial charge in [0.15, 0.2) is 0 Å². The van der Waals surface area contributed by atoms with Crippen LogP contribution >= 0.6 is 0 Å². The fraction of sp³-hybridized carbons (Fsp3) is 0.556. The molecule has 0 amide bonds. The monoisotopic (exact) mass is 158 g/mol. The molecule has 11 heavy (non-hydrogen) atoms. The lowest BCUT2D eigenvalue weighted by atomic mass is 11.0. The predicted octanol–water partition coefficient (Wildman–Crippen LogP) is 3.20. The Labute approximate surface area is 71.8 Å². The first-order valence-electron chi connectivity index (χ1n) is 3.75. The molecule has 0 spiro atoms. The van der Waals surface area contributed by atoms with Crippen molar-refractivity contribution < 1.29 is 0 Å². The standard InChI is InChI=1S/C3H5N.C2H5N.2C2H6/c1-3-4-2;1-3-2;2*1-2/h3H,1-2H2;1H2,2H3;2*1-2H3. The smallest absolute Gasteiger partial charge is 0.0269 e. The molecule has 0 aromatic carbocycles. The second-order valence-electron chi connectivity index (χ2n) is 0.681. The Morgan fingerprint density at radius 2 is 1.09 bits per heavy atom. The SMILES string of the molecule is C=CN=C.C=NC.CC.CC. The highest BCUT2D eigenvalue weighted by Crippen LogP contribution is 1.50. The third-order valence-electron chi connectivity index (χ3n) is 0.129. The molecule has 0 bridgehead atoms. The minimum absolute atomic E-state index is 1.39. The van der Waals surface area contributed by atoms with Crippen LogP contribution < -0.4 is 0 Å². The van der Waals surface area contributed by atoms with Gasteiger partial charge >= 0.3 is 0 Å². The molecule has 0 heterocycles. The molecular formula is C9H22N2. The number of rotatable bonds is 1. The van der Waals surface area contributed by atoms with E-state index >= 15 is 0 Å². The van der Waals surface area contributed by atoms with E-state index in [0.29, 0.717) is 0 Å². The maximum absolute atomic E-state index is 3.25. The Morgan fingerprint density at radius 3 is 1.09 bits per heavy atom. The maximum atomic E-state index is 3.25. The van der Waals surface area contributed by atoms with Gasteiger partial charge in [-0.15, -0.1) is 0 Å². The second-order valence-corrected chi connectivity index (χ2v) is 0.681. The molecule has 0 aromatic heterocycles. The Bertz CT molecular complexity index is 52.6. The predicted molar refractivity (Wildman–Crippen MR) is 57.9 cm³/mol. The first kappa shape index (κ1) is 22.5. The van der Waals surface area contributed by atoms with Crippen LogP contribution in [0.5, 0.6) is 0 Å². The zero-order valence-corrected chi connectivity index (χ0v) is 8.59. The normalized spacial score (nSPS) is 4.09. The van der Waals surface area contributed by atoms with Gasteiger partial charge in [-0.25, -0.2) is 0 Å². The van der Waals surface area contributed by atoms with Crippen molar-refractivity contribution in [1.82, 2.24) is 0 Å². The lowest BCUT2D eigenvalue weighted by Crippen LogP contribution is -1.26. The lowest BCUT2D eigenvalue weighted by Gasteiger charge is -1.48. The van der Waals surface area contributed by atoms with Crippen LogP contribution in [0.1, 0.15) is 27.7 Å². The van der Waals surface area contributed by atoms with E-state index in [9.17, 15) is 0 Å². The number of hydrogen-bond acceptors (Lipinski definition) is 2. The van der Waals surface area contributed by atoms with E-state index in [1.54, 1.807) is 7.05 Å². The van der Waals surface area contributed by atoms with Gasteiger partial charge in [0, 0.05) is 13.2 Å². The number of hydrogen-bond donors (Lipinski definition) is 0. The first-order valence-corrected chi connectivity index (χ1v) is 3.75. The minimum Gasteiger partial charge on any atom is -0.304 e. The minimum atomic E-state index is 1.39. The molecule has 2 heteroatoms. The summed E-state index contributed by atoms with van der Waals surface area (Å²) < 4.78 is 0. The van der Waals surface area contributed by atoms with Gasteiger partial charge in [0.25, 0.3) is 0 Å². The summed E-state index contributed by atoms with van der Waals surface area (Å²) in [5, 5.41) is 0. The van der Waals surface area contributed by atoms with Gasteiger partial charge in [-0.2, -0.15) is 0 Å².